The summed E-state index contributed by atoms with van der Waals surface area (Å²) < 4.78 is 40.1. The number of primary amides is 1. The first-order chi connectivity index (χ1) is 55.8. The maximum atomic E-state index is 11.7. The fraction of sp³-hybridized carbons (Fsp3) is 0.505. The average molecular weight is 2030 g/mol. The first kappa shape index (κ1) is 112. The van der Waals surface area contributed by atoms with Crippen molar-refractivity contribution in [1.82, 2.24) is 26.6 Å². The molecule has 6 amide bonds. The molecule has 0 radical (unpaired) electrons. The summed E-state index contributed by atoms with van der Waals surface area (Å²) in [5, 5.41) is 49.3. The molecule has 0 aliphatic carbocycles. The molecular weight excluding hydrogens is 1900 g/mol. The average Bonchev–Trinajstić information content (AvgIpc) is 0.845. The molecule has 0 saturated heterocycles. The van der Waals surface area contributed by atoms with E-state index in [9.17, 15) is 43.6 Å². The topological polar surface area (TPSA) is 370 Å². The number of alkyl halides is 1. The van der Waals surface area contributed by atoms with E-state index in [4.69, 9.17) is 49.8 Å². The maximum absolute atomic E-state index is 11.7. The van der Waals surface area contributed by atoms with Gasteiger partial charge in [-0.15, -0.1) is 0 Å². The number of carboxylic acids is 1. The van der Waals surface area contributed by atoms with Gasteiger partial charge in [-0.25, -0.2) is 28.8 Å². The van der Waals surface area contributed by atoms with Crippen molar-refractivity contribution < 1.29 is 71.9 Å². The Hall–Kier alpha value is -8.47. The Morgan fingerprint density at radius 1 is 0.425 bits per heavy atom. The number of ketones is 1. The third-order valence-corrected chi connectivity index (χ3v) is 34.9. The molecule has 5 aromatic rings. The quantitative estimate of drug-likeness (QED) is 0.00691. The maximum Gasteiger partial charge on any atom is 0.408 e. The Balaban J connectivity index is 0.00000142. The zero-order chi connectivity index (χ0) is 91.8. The number of hydrogen-bond acceptors (Lipinski definition) is 17. The predicted octanol–water partition coefficient (Wildman–Crippen LogP) is 21.6. The number of allylic oxidation sites excluding steroid dienone is 1. The van der Waals surface area contributed by atoms with Crippen LogP contribution < -0.4 is 32.3 Å². The van der Waals surface area contributed by atoms with Gasteiger partial charge in [0, 0.05) is 56.6 Å². The van der Waals surface area contributed by atoms with Crippen LogP contribution in [0.5, 0.6) is 0 Å². The molecule has 0 fully saturated rings. The summed E-state index contributed by atoms with van der Waals surface area (Å²) in [5.74, 6) is -1.09. The molecule has 29 heteroatoms. The molecule has 5 atom stereocenters. The van der Waals surface area contributed by atoms with E-state index >= 15 is 0 Å². The molecule has 120 heavy (non-hydrogen) atoms. The fourth-order valence-corrected chi connectivity index (χ4v) is 26.4. The number of amides is 6. The van der Waals surface area contributed by atoms with Crippen molar-refractivity contribution in [2.24, 2.45) is 5.73 Å². The van der Waals surface area contributed by atoms with Crippen LogP contribution in [0.1, 0.15) is 221 Å². The minimum absolute atomic E-state index is 0.00439. The molecule has 0 heterocycles. The Bertz CT molecular complexity index is 4000. The van der Waals surface area contributed by atoms with Crippen molar-refractivity contribution in [2.45, 2.75) is 281 Å². The van der Waals surface area contributed by atoms with Crippen LogP contribution in [0.25, 0.3) is 5.76 Å². The van der Waals surface area contributed by atoms with E-state index in [1.165, 1.54) is 38.5 Å². The zero-order valence-electron chi connectivity index (χ0n) is 73.8. The van der Waals surface area contributed by atoms with Crippen LogP contribution in [0.15, 0.2) is 151 Å². The van der Waals surface area contributed by atoms with Crippen LogP contribution in [-0.4, -0.2) is 142 Å². The molecule has 24 nitrogen and oxygen atoms in total. The summed E-state index contributed by atoms with van der Waals surface area (Å²) in [5.41, 5.74) is 8.23. The SMILES string of the molecule is C=C(OCC)c1ccc(C[C@@H](C#N)NC(=O)OC(C)(C)C)cc1.C=[C](C)[Sn]([CH2]CCC)([CH2]CCC)[CH2]CCC.CC(C)(C)OC(=O)N[C@@H](Cc1ccc(Br)cc1)C(=O)O.CC(C)(C)OC(=O)N[C@@H](Cc1ccc(Br)cc1)C(N)=O.CC(C)(C)OC(=O)N[C@H](C#N)Cc1ccc(Br)cc1.CC(C)(C)OC(=O)N[C@H](C#N)Cc1ccc(C(=O)CBr)cc1. The second kappa shape index (κ2) is 57.0. The van der Waals surface area contributed by atoms with Crippen LogP contribution >= 0.6 is 63.7 Å². The summed E-state index contributed by atoms with van der Waals surface area (Å²) in [7, 11) is 0. The number of nitrogens with two attached hydrogens (primary N) is 1. The van der Waals surface area contributed by atoms with E-state index in [-0.39, 0.29) is 17.5 Å². The number of unbranched alkanes of at least 4 members (excludes halogenated alkanes) is 3. The number of carboxylic acid groups (broad SMARTS) is 1. The Labute approximate surface area is 751 Å². The van der Waals surface area contributed by atoms with Crippen molar-refractivity contribution in [2.75, 3.05) is 11.9 Å². The van der Waals surface area contributed by atoms with Crippen LogP contribution in [0, 0.1) is 34.0 Å². The summed E-state index contributed by atoms with van der Waals surface area (Å²) in [4.78, 5) is 92.4. The van der Waals surface area contributed by atoms with Gasteiger partial charge in [0.2, 0.25) is 5.91 Å². The minimum Gasteiger partial charge on any atom is -0.480 e. The second-order valence-corrected chi connectivity index (χ2v) is 50.5. The van der Waals surface area contributed by atoms with Gasteiger partial charge in [0.25, 0.3) is 0 Å². The van der Waals surface area contributed by atoms with Crippen LogP contribution in [0.4, 0.5) is 24.0 Å². The molecule has 8 N–H and O–H groups in total. The number of carbonyl (C=O) groups is 8. The van der Waals surface area contributed by atoms with Gasteiger partial charge in [0.05, 0.1) is 30.1 Å². The van der Waals surface area contributed by atoms with Gasteiger partial charge in [-0.1, -0.05) is 155 Å². The molecule has 0 aliphatic rings. The first-order valence-electron chi connectivity index (χ1n) is 39.9. The van der Waals surface area contributed by atoms with Crippen LogP contribution in [0.2, 0.25) is 13.3 Å². The largest absolute Gasteiger partial charge is 0.480 e. The molecule has 5 aromatic carbocycles. The smallest absolute Gasteiger partial charge is 0.408 e. The predicted molar refractivity (Wildman–Crippen MR) is 492 cm³/mol. The summed E-state index contributed by atoms with van der Waals surface area (Å²) >= 11 is 11.2. The van der Waals surface area contributed by atoms with Crippen molar-refractivity contribution in [3.05, 3.63) is 190 Å². The molecule has 0 spiro atoms. The second-order valence-electron chi connectivity index (χ2n) is 33.2. The number of carbonyl (C=O) groups excluding carboxylic acids is 7. The molecule has 660 valence electrons. The molecule has 0 saturated carbocycles. The number of Topliss-reactive ketones (excluding diaryl/α,β-unsaturated/α-hetero) is 1. The monoisotopic (exact) mass is 2020 g/mol. The molecular formula is C91H129Br4N9O15Sn. The van der Waals surface area contributed by atoms with Gasteiger partial charge < -0.3 is 65.8 Å². The fourth-order valence-electron chi connectivity index (χ4n) is 10.6. The number of nitrogens with zero attached hydrogens (tertiary/aromatic N) is 3. The minimum atomic E-state index is -1.94. The van der Waals surface area contributed by atoms with Gasteiger partial charge in [-0.2, -0.15) is 15.8 Å². The van der Waals surface area contributed by atoms with Gasteiger partial charge in [0.15, 0.2) is 5.78 Å². The van der Waals surface area contributed by atoms with E-state index in [1.54, 1.807) is 157 Å². The summed E-state index contributed by atoms with van der Waals surface area (Å²) in [6.07, 6.45) is 7.00. The third kappa shape index (κ3) is 54.0. The van der Waals surface area contributed by atoms with E-state index in [1.807, 2.05) is 97.9 Å². The number of nitrogens with one attached hydrogen (secondary N) is 5. The van der Waals surface area contributed by atoms with Crippen LogP contribution in [-0.2, 0) is 70.1 Å². The van der Waals surface area contributed by atoms with Gasteiger partial charge in [-0.3, -0.25) is 9.59 Å². The van der Waals surface area contributed by atoms with Crippen molar-refractivity contribution >= 4 is 136 Å². The van der Waals surface area contributed by atoms with Gasteiger partial charge in [-0.05, 0) is 175 Å². The normalized spacial score (nSPS) is 12.2. The first-order valence-corrected chi connectivity index (χ1v) is 50.9. The molecule has 5 rings (SSSR count). The molecule has 0 aliphatic heterocycles. The molecule has 0 aromatic heterocycles. The Kier molecular flexibility index (Phi) is 53.0. The van der Waals surface area contributed by atoms with E-state index < -0.39 is 119 Å². The number of ether oxygens (including phenoxy) is 6. The van der Waals surface area contributed by atoms with Crippen molar-refractivity contribution in [1.29, 1.82) is 15.8 Å². The number of alkyl carbamates (subject to hydrolysis) is 5. The number of nitriles is 3. The Morgan fingerprint density at radius 2 is 0.675 bits per heavy atom. The third-order valence-electron chi connectivity index (χ3n) is 16.4. The standard InChI is InChI=1S/C18H24N2O3.C16H19BrN2O3.C14H19BrN2O3.C14H17BrN2O2.C14H18BrNO4.3C4H9.C3H5.Sn/c1-6-22-13(2)15-9-7-14(8-10-15)11-16(12-19)20-17(21)23-18(3,4)5;1-16(2,3)22-15(21)19-13(10-18)8-11-4-6-12(7-5-11)14(20)9-17;1-14(2,3)20-13(19)17-11(12(16)18)8-9-4-6-10(15)7-5-9;1-14(2,3)19-13(18)17-12(9-16)8-10-4-6-11(15)7-5-10;1-14(2,3)20-13(19)16-11(12(17)18)8-9-4-6-10(15)7-5-9;3*1-3-4-2;1-3-2;/h7-10,16H,2,6,11H2,1,3-5H3,(H,20,21);4-7,13H,8-9H2,1-3H3,(H,19,21);4-7,11H,8H2,1-3H3,(H2,16,18)(H,17,19);4-7,12H,8H2,1-3H3,(H,17,18);4-7,11H,8H2,1-3H3,(H,16,19)(H,17,18);3*1,3-4H2,2H3;1H2,2H3;/t16-;13-;11-;12-;11-;;;;;/m00000...../s1. The van der Waals surface area contributed by atoms with E-state index in [0.29, 0.717) is 43.6 Å². The molecule has 0 unspecified atom stereocenters. The number of aliphatic carboxylic acids is 1. The van der Waals surface area contributed by atoms with E-state index in [0.717, 1.165) is 46.8 Å². The summed E-state index contributed by atoms with van der Waals surface area (Å²) in [6.45, 7) is 46.4. The van der Waals surface area contributed by atoms with Crippen molar-refractivity contribution in [3.8, 4) is 18.2 Å². The zero-order valence-corrected chi connectivity index (χ0v) is 83.0. The van der Waals surface area contributed by atoms with Gasteiger partial charge >= 0.3 is 145 Å². The Morgan fingerprint density at radius 3 is 0.908 bits per heavy atom. The van der Waals surface area contributed by atoms with E-state index in [2.05, 4.69) is 143 Å². The van der Waals surface area contributed by atoms with Gasteiger partial charge in [0.1, 0.15) is 64.0 Å². The number of rotatable bonds is 32. The summed E-state index contributed by atoms with van der Waals surface area (Å²) in [6, 6.07) is 39.2. The number of halogens is 4. The number of hydrogen-bond donors (Lipinski definition) is 7. The number of benzene rings is 5. The van der Waals surface area contributed by atoms with Crippen molar-refractivity contribution in [3.63, 3.8) is 0 Å². The molecule has 0 bridgehead atoms. The van der Waals surface area contributed by atoms with Crippen LogP contribution in [0.3, 0.4) is 0 Å².